The van der Waals surface area contributed by atoms with Crippen LogP contribution in [0.4, 0.5) is 10.5 Å². The summed E-state index contributed by atoms with van der Waals surface area (Å²) in [5, 5.41) is 5.64. The number of carbonyl (C=O) groups excluding carboxylic acids is 2. The largest absolute Gasteiger partial charge is 0.449 e. The minimum absolute atomic E-state index is 0.125. The van der Waals surface area contributed by atoms with Crippen LogP contribution in [-0.2, 0) is 18.9 Å². The van der Waals surface area contributed by atoms with Gasteiger partial charge >= 0.3 is 6.09 Å². The van der Waals surface area contributed by atoms with Crippen LogP contribution in [0.5, 0.6) is 0 Å². The molecule has 0 spiro atoms. The van der Waals surface area contributed by atoms with Crippen LogP contribution < -0.4 is 21.9 Å². The predicted molar refractivity (Wildman–Crippen MR) is 144 cm³/mol. The Hall–Kier alpha value is -2.84. The number of rotatable bonds is 18. The van der Waals surface area contributed by atoms with Crippen molar-refractivity contribution in [2.24, 2.45) is 23.6 Å². The molecule has 5 N–H and O–H groups in total. The van der Waals surface area contributed by atoms with Crippen molar-refractivity contribution in [3.8, 4) is 11.8 Å². The molecule has 0 aliphatic heterocycles. The first kappa shape index (κ1) is 29.7. The summed E-state index contributed by atoms with van der Waals surface area (Å²) in [6, 6.07) is 6.93. The highest BCUT2D eigenvalue weighted by molar-refractivity contribution is 5.94. The topological polar surface area (TPSA) is 133 Å². The monoisotopic (exact) mass is 530 g/mol. The van der Waals surface area contributed by atoms with E-state index in [1.165, 1.54) is 0 Å². The van der Waals surface area contributed by atoms with E-state index < -0.39 is 0 Å². The highest BCUT2D eigenvalue weighted by Crippen LogP contribution is 2.52. The summed E-state index contributed by atoms with van der Waals surface area (Å²) in [5.41, 5.74) is 3.86. The Balaban J connectivity index is 1.03. The number of carbonyl (C=O) groups is 2. The molecule has 0 bridgehead atoms. The molecule has 210 valence electrons. The normalized spacial score (nSPS) is 19.7. The second-order valence-electron chi connectivity index (χ2n) is 9.47. The van der Waals surface area contributed by atoms with Crippen molar-refractivity contribution in [1.29, 1.82) is 0 Å². The van der Waals surface area contributed by atoms with Gasteiger partial charge in [0.05, 0.1) is 33.0 Å². The van der Waals surface area contributed by atoms with E-state index in [9.17, 15) is 9.59 Å². The zero-order valence-electron chi connectivity index (χ0n) is 22.2. The van der Waals surface area contributed by atoms with Crippen LogP contribution in [0.15, 0.2) is 24.3 Å². The van der Waals surface area contributed by atoms with E-state index in [4.69, 9.17) is 24.8 Å². The molecule has 1 aromatic carbocycles. The highest BCUT2D eigenvalue weighted by atomic mass is 16.6. The third-order valence-corrected chi connectivity index (χ3v) is 6.79. The highest BCUT2D eigenvalue weighted by Gasteiger charge is 2.49. The molecule has 2 unspecified atom stereocenters. The Morgan fingerprint density at radius 2 is 1.37 bits per heavy atom. The Kier molecular flexibility index (Phi) is 13.8. The summed E-state index contributed by atoms with van der Waals surface area (Å²) in [5.74, 6) is 13.5. The zero-order valence-corrected chi connectivity index (χ0v) is 22.2. The number of hydrazine groups is 1. The van der Waals surface area contributed by atoms with Crippen LogP contribution in [-0.4, -0.2) is 71.3 Å². The Bertz CT molecular complexity index is 883. The average Bonchev–Trinajstić information content (AvgIpc) is 3.58. The van der Waals surface area contributed by atoms with E-state index in [0.717, 1.165) is 44.2 Å². The van der Waals surface area contributed by atoms with Crippen LogP contribution in [0.25, 0.3) is 0 Å². The minimum atomic E-state index is -0.346. The lowest BCUT2D eigenvalue weighted by atomic mass is 10.1. The van der Waals surface area contributed by atoms with Crippen molar-refractivity contribution in [1.82, 2.24) is 10.6 Å². The number of fused-ring (bicyclic) bond motifs is 1. The van der Waals surface area contributed by atoms with E-state index in [1.807, 2.05) is 0 Å². The van der Waals surface area contributed by atoms with Gasteiger partial charge in [-0.2, -0.15) is 0 Å². The van der Waals surface area contributed by atoms with Crippen LogP contribution >= 0.6 is 0 Å². The SMILES string of the molecule is NNc1ccc(C(=O)NCCCOCCOCCOCCCNC(=O)OCC2C3CCC#CCCC32)cc1. The lowest BCUT2D eigenvalue weighted by Crippen LogP contribution is -2.27. The molecule has 1 aromatic rings. The first-order valence-corrected chi connectivity index (χ1v) is 13.6. The van der Waals surface area contributed by atoms with Gasteiger partial charge in [-0.3, -0.25) is 10.6 Å². The number of nitrogens with one attached hydrogen (secondary N) is 3. The summed E-state index contributed by atoms with van der Waals surface area (Å²) in [6.45, 7) is 4.62. The maximum Gasteiger partial charge on any atom is 0.407 e. The number of benzene rings is 1. The van der Waals surface area contributed by atoms with Gasteiger partial charge in [-0.1, -0.05) is 0 Å². The molecule has 10 nitrogen and oxygen atoms in total. The lowest BCUT2D eigenvalue weighted by Gasteiger charge is -2.09. The molecule has 2 atom stereocenters. The summed E-state index contributed by atoms with van der Waals surface area (Å²) < 4.78 is 21.9. The van der Waals surface area contributed by atoms with Crippen molar-refractivity contribution < 1.29 is 28.5 Å². The van der Waals surface area contributed by atoms with Crippen molar-refractivity contribution >= 4 is 17.7 Å². The van der Waals surface area contributed by atoms with E-state index in [-0.39, 0.29) is 12.0 Å². The molecule has 0 aromatic heterocycles. The molecule has 38 heavy (non-hydrogen) atoms. The fourth-order valence-electron chi connectivity index (χ4n) is 4.61. The van der Waals surface area contributed by atoms with Gasteiger partial charge < -0.3 is 35.0 Å². The molecular weight excluding hydrogens is 488 g/mol. The van der Waals surface area contributed by atoms with E-state index in [1.54, 1.807) is 24.3 Å². The van der Waals surface area contributed by atoms with Gasteiger partial charge in [0.25, 0.3) is 5.91 Å². The molecule has 0 saturated heterocycles. The summed E-state index contributed by atoms with van der Waals surface area (Å²) in [4.78, 5) is 23.9. The number of hydrogen-bond donors (Lipinski definition) is 4. The molecule has 2 amide bonds. The fraction of sp³-hybridized carbons (Fsp3) is 0.643. The predicted octanol–water partition coefficient (Wildman–Crippen LogP) is 2.70. The summed E-state index contributed by atoms with van der Waals surface area (Å²) >= 11 is 0. The molecular formula is C28H42N4O6. The Morgan fingerprint density at radius 3 is 1.95 bits per heavy atom. The van der Waals surface area contributed by atoms with Crippen molar-refractivity contribution in [2.45, 2.75) is 38.5 Å². The van der Waals surface area contributed by atoms with Gasteiger partial charge in [0.2, 0.25) is 0 Å². The van der Waals surface area contributed by atoms with Gasteiger partial charge in [0.1, 0.15) is 0 Å². The van der Waals surface area contributed by atoms with Crippen molar-refractivity contribution in [3.63, 3.8) is 0 Å². The minimum Gasteiger partial charge on any atom is -0.449 e. The standard InChI is InChI=1S/C28H42N4O6/c29-32-23-11-9-22(10-12-23)27(33)30-13-5-15-35-17-19-37-20-18-36-16-6-14-31-28(34)38-21-26-24-7-3-1-2-4-8-25(24)26/h9-12,24-26,32H,3-8,13-21,29H2,(H,30,33)(H,31,34). The van der Waals surface area contributed by atoms with Crippen LogP contribution in [0.2, 0.25) is 0 Å². The van der Waals surface area contributed by atoms with Gasteiger partial charge in [0.15, 0.2) is 0 Å². The third-order valence-electron chi connectivity index (χ3n) is 6.79. The van der Waals surface area contributed by atoms with Gasteiger partial charge in [0, 0.05) is 50.4 Å². The molecule has 10 heteroatoms. The average molecular weight is 531 g/mol. The Labute approximate surface area is 225 Å². The van der Waals surface area contributed by atoms with E-state index >= 15 is 0 Å². The van der Waals surface area contributed by atoms with Crippen LogP contribution in [0, 0.1) is 29.6 Å². The van der Waals surface area contributed by atoms with Crippen LogP contribution in [0.1, 0.15) is 48.9 Å². The first-order chi connectivity index (χ1) is 18.7. The summed E-state index contributed by atoms with van der Waals surface area (Å²) in [7, 11) is 0. The fourth-order valence-corrected chi connectivity index (χ4v) is 4.61. The quantitative estimate of drug-likeness (QED) is 0.0986. The molecule has 1 fully saturated rings. The number of nitrogens with two attached hydrogens (primary N) is 1. The first-order valence-electron chi connectivity index (χ1n) is 13.6. The number of alkyl carbamates (subject to hydrolysis) is 1. The molecule has 3 rings (SSSR count). The molecule has 0 radical (unpaired) electrons. The second kappa shape index (κ2) is 17.6. The number of anilines is 1. The van der Waals surface area contributed by atoms with E-state index in [0.29, 0.717) is 82.7 Å². The molecule has 2 aliphatic carbocycles. The summed E-state index contributed by atoms with van der Waals surface area (Å²) in [6.07, 6.45) is 5.30. The van der Waals surface area contributed by atoms with Crippen molar-refractivity contribution in [3.05, 3.63) is 29.8 Å². The molecule has 2 aliphatic rings. The maximum atomic E-state index is 12.0. The van der Waals surface area contributed by atoms with Gasteiger partial charge in [-0.15, -0.1) is 11.8 Å². The lowest BCUT2D eigenvalue weighted by molar-refractivity contribution is 0.0138. The Morgan fingerprint density at radius 1 is 0.816 bits per heavy atom. The zero-order chi connectivity index (χ0) is 26.8. The maximum absolute atomic E-state index is 12.0. The van der Waals surface area contributed by atoms with Crippen molar-refractivity contribution in [2.75, 3.05) is 64.8 Å². The third kappa shape index (κ3) is 11.3. The van der Waals surface area contributed by atoms with Crippen LogP contribution in [0.3, 0.4) is 0 Å². The number of amides is 2. The number of hydrogen-bond acceptors (Lipinski definition) is 8. The van der Waals surface area contributed by atoms with Gasteiger partial charge in [-0.25, -0.2) is 4.79 Å². The number of ether oxygens (including phenoxy) is 4. The second-order valence-corrected chi connectivity index (χ2v) is 9.47. The van der Waals surface area contributed by atoms with Gasteiger partial charge in [-0.05, 0) is 67.7 Å². The molecule has 0 heterocycles. The van der Waals surface area contributed by atoms with E-state index in [2.05, 4.69) is 27.9 Å². The number of nitrogen functional groups attached to an aromatic ring is 1. The molecule has 1 saturated carbocycles. The smallest absolute Gasteiger partial charge is 0.407 e.